The molecule has 1 aromatic heterocycles. The third kappa shape index (κ3) is 4.23. The van der Waals surface area contributed by atoms with E-state index in [9.17, 15) is 4.79 Å². The van der Waals surface area contributed by atoms with Crippen molar-refractivity contribution in [1.29, 1.82) is 0 Å². The van der Waals surface area contributed by atoms with E-state index in [2.05, 4.69) is 36.4 Å². The second-order valence-corrected chi connectivity index (χ2v) is 6.16. The predicted octanol–water partition coefficient (Wildman–Crippen LogP) is 1.81. The number of carbonyl (C=O) groups excluding carboxylic acids is 1. The van der Waals surface area contributed by atoms with Crippen molar-refractivity contribution >= 4 is 6.03 Å². The lowest BCUT2D eigenvalue weighted by molar-refractivity contribution is 0.185. The third-order valence-electron chi connectivity index (χ3n) is 3.27. The summed E-state index contributed by atoms with van der Waals surface area (Å²) in [4.78, 5) is 15.8. The number of carbonyl (C=O) groups is 1. The number of nitrogens with zero attached hydrogens (tertiary/aromatic N) is 1. The number of amides is 2. The fourth-order valence-corrected chi connectivity index (χ4v) is 1.94. The first-order chi connectivity index (χ1) is 9.45. The molecule has 1 unspecified atom stereocenters. The van der Waals surface area contributed by atoms with E-state index >= 15 is 0 Å². The minimum atomic E-state index is -0.201. The lowest BCUT2D eigenvalue weighted by atomic mass is 9.94. The summed E-state index contributed by atoms with van der Waals surface area (Å²) in [7, 11) is 0. The Morgan fingerprint density at radius 3 is 2.85 bits per heavy atom. The van der Waals surface area contributed by atoms with E-state index in [1.54, 1.807) is 6.20 Å². The van der Waals surface area contributed by atoms with E-state index in [1.807, 2.05) is 0 Å². The summed E-state index contributed by atoms with van der Waals surface area (Å²) in [5.41, 5.74) is -0.0734. The van der Waals surface area contributed by atoms with Gasteiger partial charge in [-0.05, 0) is 6.42 Å². The fraction of sp³-hybridized carbons (Fsp3) is 0.714. The third-order valence-corrected chi connectivity index (χ3v) is 3.27. The number of aromatic nitrogens is 1. The van der Waals surface area contributed by atoms with Crippen molar-refractivity contribution in [2.45, 2.75) is 39.2 Å². The van der Waals surface area contributed by atoms with Crippen LogP contribution in [0, 0.1) is 5.92 Å². The Bertz CT molecular complexity index is 445. The standard InChI is InChI=1S/C14H23N3O3/c1-14(2,3)11-7-15-12(20-11)8-17-13(18)16-6-10-4-5-19-9-10/h7,10H,4-6,8-9H2,1-3H3,(H2,16,17,18). The van der Waals surface area contributed by atoms with Crippen LogP contribution in [0.15, 0.2) is 10.6 Å². The van der Waals surface area contributed by atoms with E-state index in [0.717, 1.165) is 25.4 Å². The van der Waals surface area contributed by atoms with Gasteiger partial charge in [-0.25, -0.2) is 9.78 Å². The number of urea groups is 1. The quantitative estimate of drug-likeness (QED) is 0.882. The molecule has 0 aromatic carbocycles. The number of hydrogen-bond acceptors (Lipinski definition) is 4. The fourth-order valence-electron chi connectivity index (χ4n) is 1.94. The highest BCUT2D eigenvalue weighted by atomic mass is 16.5. The van der Waals surface area contributed by atoms with Gasteiger partial charge in [-0.15, -0.1) is 0 Å². The zero-order valence-electron chi connectivity index (χ0n) is 12.4. The summed E-state index contributed by atoms with van der Waals surface area (Å²) in [5.74, 6) is 1.77. The molecule has 2 heterocycles. The van der Waals surface area contributed by atoms with E-state index < -0.39 is 0 Å². The molecule has 1 saturated heterocycles. The minimum absolute atomic E-state index is 0.0734. The maximum atomic E-state index is 11.6. The average molecular weight is 281 g/mol. The summed E-state index contributed by atoms with van der Waals surface area (Å²) < 4.78 is 10.9. The lowest BCUT2D eigenvalue weighted by Gasteiger charge is -2.13. The van der Waals surface area contributed by atoms with Gasteiger partial charge in [0, 0.05) is 24.5 Å². The molecule has 0 spiro atoms. The number of ether oxygens (including phenoxy) is 1. The Morgan fingerprint density at radius 2 is 2.25 bits per heavy atom. The second kappa shape index (κ2) is 6.26. The van der Waals surface area contributed by atoms with Crippen molar-refractivity contribution in [3.63, 3.8) is 0 Å². The van der Waals surface area contributed by atoms with E-state index in [1.165, 1.54) is 0 Å². The molecule has 2 rings (SSSR count). The topological polar surface area (TPSA) is 76.4 Å². The molecule has 1 fully saturated rings. The first kappa shape index (κ1) is 14.8. The van der Waals surface area contributed by atoms with Crippen molar-refractivity contribution in [1.82, 2.24) is 15.6 Å². The molecule has 2 N–H and O–H groups in total. The van der Waals surface area contributed by atoms with Gasteiger partial charge < -0.3 is 19.8 Å². The summed E-state index contributed by atoms with van der Waals surface area (Å²) in [6.07, 6.45) is 2.72. The molecule has 1 aliphatic rings. The second-order valence-electron chi connectivity index (χ2n) is 6.16. The Hall–Kier alpha value is -1.56. The zero-order valence-corrected chi connectivity index (χ0v) is 12.4. The molecule has 1 aromatic rings. The Morgan fingerprint density at radius 1 is 1.45 bits per heavy atom. The number of nitrogens with one attached hydrogen (secondary N) is 2. The monoisotopic (exact) mass is 281 g/mol. The Balaban J connectivity index is 1.71. The van der Waals surface area contributed by atoms with Gasteiger partial charge in [-0.2, -0.15) is 0 Å². The molecule has 0 aliphatic carbocycles. The molecule has 112 valence electrons. The van der Waals surface area contributed by atoms with Crippen molar-refractivity contribution in [2.75, 3.05) is 19.8 Å². The van der Waals surface area contributed by atoms with Crippen LogP contribution in [0.1, 0.15) is 38.8 Å². The van der Waals surface area contributed by atoms with Gasteiger partial charge in [-0.3, -0.25) is 0 Å². The molecule has 2 amide bonds. The van der Waals surface area contributed by atoms with Crippen LogP contribution in [0.4, 0.5) is 4.79 Å². The first-order valence-electron chi connectivity index (χ1n) is 7.00. The number of oxazole rings is 1. The lowest BCUT2D eigenvalue weighted by Crippen LogP contribution is -2.38. The molecule has 6 heteroatoms. The SMILES string of the molecule is CC(C)(C)c1cnc(CNC(=O)NCC2CCOC2)o1. The summed E-state index contributed by atoms with van der Waals surface area (Å²) in [6.45, 7) is 8.63. The van der Waals surface area contributed by atoms with Crippen LogP contribution in [0.25, 0.3) is 0 Å². The zero-order chi connectivity index (χ0) is 14.6. The predicted molar refractivity (Wildman–Crippen MR) is 74.4 cm³/mol. The maximum absolute atomic E-state index is 11.6. The maximum Gasteiger partial charge on any atom is 0.315 e. The highest BCUT2D eigenvalue weighted by molar-refractivity contribution is 5.73. The molecule has 0 saturated carbocycles. The molecule has 20 heavy (non-hydrogen) atoms. The van der Waals surface area contributed by atoms with Crippen LogP contribution in [0.3, 0.4) is 0 Å². The van der Waals surface area contributed by atoms with Gasteiger partial charge in [0.25, 0.3) is 0 Å². The van der Waals surface area contributed by atoms with Gasteiger partial charge in [0.15, 0.2) is 0 Å². The van der Waals surface area contributed by atoms with E-state index in [4.69, 9.17) is 9.15 Å². The van der Waals surface area contributed by atoms with Crippen molar-refractivity contribution < 1.29 is 13.9 Å². The van der Waals surface area contributed by atoms with Crippen LogP contribution >= 0.6 is 0 Å². The van der Waals surface area contributed by atoms with Crippen molar-refractivity contribution in [2.24, 2.45) is 5.92 Å². The number of rotatable bonds is 4. The van der Waals surface area contributed by atoms with Crippen LogP contribution < -0.4 is 10.6 Å². The van der Waals surface area contributed by atoms with Crippen LogP contribution in [0.2, 0.25) is 0 Å². The number of hydrogen-bond donors (Lipinski definition) is 2. The molecule has 1 aliphatic heterocycles. The van der Waals surface area contributed by atoms with Crippen LogP contribution in [0.5, 0.6) is 0 Å². The summed E-state index contributed by atoms with van der Waals surface area (Å²) >= 11 is 0. The van der Waals surface area contributed by atoms with Gasteiger partial charge >= 0.3 is 6.03 Å². The minimum Gasteiger partial charge on any atom is -0.443 e. The molecule has 6 nitrogen and oxygen atoms in total. The largest absolute Gasteiger partial charge is 0.443 e. The molecule has 0 bridgehead atoms. The van der Waals surface area contributed by atoms with Gasteiger partial charge in [0.05, 0.1) is 19.3 Å². The van der Waals surface area contributed by atoms with Crippen LogP contribution in [-0.2, 0) is 16.7 Å². The van der Waals surface area contributed by atoms with Crippen molar-refractivity contribution in [3.05, 3.63) is 17.8 Å². The highest BCUT2D eigenvalue weighted by Gasteiger charge is 2.19. The Kier molecular flexibility index (Phi) is 4.65. The molecule has 1 atom stereocenters. The highest BCUT2D eigenvalue weighted by Crippen LogP contribution is 2.22. The Labute approximate surface area is 119 Å². The molecular weight excluding hydrogens is 258 g/mol. The molecule has 0 radical (unpaired) electrons. The summed E-state index contributed by atoms with van der Waals surface area (Å²) in [6, 6.07) is -0.201. The first-order valence-corrected chi connectivity index (χ1v) is 7.00. The smallest absolute Gasteiger partial charge is 0.315 e. The summed E-state index contributed by atoms with van der Waals surface area (Å²) in [5, 5.41) is 5.57. The average Bonchev–Trinajstić information content (AvgIpc) is 3.04. The van der Waals surface area contributed by atoms with Crippen molar-refractivity contribution in [3.8, 4) is 0 Å². The normalized spacial score (nSPS) is 19.1. The van der Waals surface area contributed by atoms with Gasteiger partial charge in [0.2, 0.25) is 5.89 Å². The van der Waals surface area contributed by atoms with E-state index in [0.29, 0.717) is 24.9 Å². The molecular formula is C14H23N3O3. The van der Waals surface area contributed by atoms with Gasteiger partial charge in [-0.1, -0.05) is 20.8 Å². The van der Waals surface area contributed by atoms with Crippen LogP contribution in [-0.4, -0.2) is 30.8 Å². The van der Waals surface area contributed by atoms with E-state index in [-0.39, 0.29) is 11.4 Å². The van der Waals surface area contributed by atoms with Gasteiger partial charge in [0.1, 0.15) is 5.76 Å².